The SMILES string of the molecule is CCc1ccccc1C(O)c1ccnn1CC. The van der Waals surface area contributed by atoms with E-state index in [4.69, 9.17) is 0 Å². The van der Waals surface area contributed by atoms with Gasteiger partial charge in [-0.3, -0.25) is 4.68 Å². The van der Waals surface area contributed by atoms with E-state index < -0.39 is 6.10 Å². The molecule has 2 rings (SSSR count). The lowest BCUT2D eigenvalue weighted by atomic mass is 9.98. The summed E-state index contributed by atoms with van der Waals surface area (Å²) in [6.45, 7) is 4.89. The van der Waals surface area contributed by atoms with E-state index in [2.05, 4.69) is 18.1 Å². The average molecular weight is 230 g/mol. The van der Waals surface area contributed by atoms with Crippen LogP contribution in [0.2, 0.25) is 0 Å². The Kier molecular flexibility index (Phi) is 3.59. The monoisotopic (exact) mass is 230 g/mol. The summed E-state index contributed by atoms with van der Waals surface area (Å²) >= 11 is 0. The molecule has 0 aliphatic heterocycles. The first-order valence-corrected chi connectivity index (χ1v) is 6.05. The molecule has 3 heteroatoms. The van der Waals surface area contributed by atoms with Crippen molar-refractivity contribution in [1.82, 2.24) is 9.78 Å². The van der Waals surface area contributed by atoms with Gasteiger partial charge in [-0.1, -0.05) is 31.2 Å². The quantitative estimate of drug-likeness (QED) is 0.876. The number of aliphatic hydroxyl groups is 1. The summed E-state index contributed by atoms with van der Waals surface area (Å²) in [5, 5.41) is 14.6. The van der Waals surface area contributed by atoms with Crippen molar-refractivity contribution in [2.75, 3.05) is 0 Å². The molecule has 0 spiro atoms. The lowest BCUT2D eigenvalue weighted by Crippen LogP contribution is -2.10. The van der Waals surface area contributed by atoms with Crippen molar-refractivity contribution >= 4 is 0 Å². The molecule has 0 fully saturated rings. The second-order valence-corrected chi connectivity index (χ2v) is 4.03. The van der Waals surface area contributed by atoms with Gasteiger partial charge in [0.25, 0.3) is 0 Å². The van der Waals surface area contributed by atoms with E-state index in [-0.39, 0.29) is 0 Å². The molecule has 90 valence electrons. The van der Waals surface area contributed by atoms with E-state index in [1.165, 1.54) is 5.56 Å². The summed E-state index contributed by atoms with van der Waals surface area (Å²) in [4.78, 5) is 0. The van der Waals surface area contributed by atoms with Crippen molar-refractivity contribution in [3.63, 3.8) is 0 Å². The molecule has 0 saturated carbocycles. The molecule has 3 nitrogen and oxygen atoms in total. The predicted octanol–water partition coefficient (Wildman–Crippen LogP) is 2.55. The van der Waals surface area contributed by atoms with Gasteiger partial charge in [0.15, 0.2) is 0 Å². The first-order valence-electron chi connectivity index (χ1n) is 6.05. The third-order valence-electron chi connectivity index (χ3n) is 3.06. The van der Waals surface area contributed by atoms with Crippen LogP contribution in [0, 0.1) is 0 Å². The molecule has 1 unspecified atom stereocenters. The van der Waals surface area contributed by atoms with E-state index >= 15 is 0 Å². The minimum absolute atomic E-state index is 0.589. The van der Waals surface area contributed by atoms with Gasteiger partial charge in [0.2, 0.25) is 0 Å². The maximum atomic E-state index is 10.4. The Bertz CT molecular complexity index is 490. The van der Waals surface area contributed by atoms with Crippen molar-refractivity contribution in [2.24, 2.45) is 0 Å². The van der Waals surface area contributed by atoms with Crippen molar-refractivity contribution in [2.45, 2.75) is 32.9 Å². The van der Waals surface area contributed by atoms with E-state index in [1.807, 2.05) is 35.9 Å². The van der Waals surface area contributed by atoms with Crippen LogP contribution >= 0.6 is 0 Å². The summed E-state index contributed by atoms with van der Waals surface area (Å²) < 4.78 is 1.83. The van der Waals surface area contributed by atoms with E-state index in [1.54, 1.807) is 6.20 Å². The maximum Gasteiger partial charge on any atom is 0.121 e. The lowest BCUT2D eigenvalue weighted by molar-refractivity contribution is 0.207. The van der Waals surface area contributed by atoms with Gasteiger partial charge in [-0.2, -0.15) is 5.10 Å². The molecule has 0 amide bonds. The van der Waals surface area contributed by atoms with Crippen LogP contribution < -0.4 is 0 Å². The average Bonchev–Trinajstić information content (AvgIpc) is 2.86. The number of aryl methyl sites for hydroxylation is 2. The molecule has 0 saturated heterocycles. The van der Waals surface area contributed by atoms with Crippen molar-refractivity contribution in [3.8, 4) is 0 Å². The van der Waals surface area contributed by atoms with Crippen LogP contribution in [0.5, 0.6) is 0 Å². The molecule has 17 heavy (non-hydrogen) atoms. The van der Waals surface area contributed by atoms with Crippen LogP contribution in [-0.4, -0.2) is 14.9 Å². The number of nitrogens with zero attached hydrogens (tertiary/aromatic N) is 2. The number of hydrogen-bond acceptors (Lipinski definition) is 2. The molecule has 0 radical (unpaired) electrons. The number of aromatic nitrogens is 2. The Labute approximate surface area is 102 Å². The summed E-state index contributed by atoms with van der Waals surface area (Å²) in [6.07, 6.45) is 2.07. The van der Waals surface area contributed by atoms with Gasteiger partial charge in [0.1, 0.15) is 6.10 Å². The fraction of sp³-hybridized carbons (Fsp3) is 0.357. The van der Waals surface area contributed by atoms with E-state index in [0.717, 1.165) is 24.2 Å². The number of benzene rings is 1. The highest BCUT2D eigenvalue weighted by molar-refractivity contribution is 5.33. The summed E-state index contributed by atoms with van der Waals surface area (Å²) in [7, 11) is 0. The molecule has 1 heterocycles. The summed E-state index contributed by atoms with van der Waals surface area (Å²) in [5.74, 6) is 0. The van der Waals surface area contributed by atoms with Crippen LogP contribution in [0.4, 0.5) is 0 Å². The van der Waals surface area contributed by atoms with Crippen LogP contribution in [0.15, 0.2) is 36.5 Å². The number of aliphatic hydroxyl groups excluding tert-OH is 1. The predicted molar refractivity (Wildman–Crippen MR) is 67.8 cm³/mol. The highest BCUT2D eigenvalue weighted by Crippen LogP contribution is 2.25. The number of hydrogen-bond donors (Lipinski definition) is 1. The molecule has 1 aromatic carbocycles. The van der Waals surface area contributed by atoms with Crippen LogP contribution in [0.3, 0.4) is 0 Å². The maximum absolute atomic E-state index is 10.4. The molecule has 1 aromatic heterocycles. The van der Waals surface area contributed by atoms with Crippen LogP contribution in [0.1, 0.15) is 36.8 Å². The molecule has 0 aliphatic rings. The Balaban J connectivity index is 2.40. The Morgan fingerprint density at radius 2 is 2.00 bits per heavy atom. The first kappa shape index (κ1) is 11.9. The molecule has 0 aliphatic carbocycles. The van der Waals surface area contributed by atoms with Gasteiger partial charge in [-0.05, 0) is 30.5 Å². The van der Waals surface area contributed by atoms with Crippen molar-refractivity contribution < 1.29 is 5.11 Å². The van der Waals surface area contributed by atoms with Gasteiger partial charge < -0.3 is 5.11 Å². The third-order valence-corrected chi connectivity index (χ3v) is 3.06. The number of rotatable bonds is 4. The van der Waals surface area contributed by atoms with Crippen molar-refractivity contribution in [1.29, 1.82) is 0 Å². The second kappa shape index (κ2) is 5.15. The molecular weight excluding hydrogens is 212 g/mol. The zero-order valence-corrected chi connectivity index (χ0v) is 10.3. The fourth-order valence-corrected chi connectivity index (χ4v) is 2.12. The Hall–Kier alpha value is -1.61. The first-order chi connectivity index (χ1) is 8.27. The molecule has 2 aromatic rings. The van der Waals surface area contributed by atoms with Gasteiger partial charge in [0, 0.05) is 12.7 Å². The Morgan fingerprint density at radius 1 is 1.24 bits per heavy atom. The van der Waals surface area contributed by atoms with Crippen molar-refractivity contribution in [3.05, 3.63) is 53.3 Å². The largest absolute Gasteiger partial charge is 0.382 e. The molecule has 1 N–H and O–H groups in total. The lowest BCUT2D eigenvalue weighted by Gasteiger charge is -2.16. The smallest absolute Gasteiger partial charge is 0.121 e. The van der Waals surface area contributed by atoms with Gasteiger partial charge >= 0.3 is 0 Å². The highest BCUT2D eigenvalue weighted by atomic mass is 16.3. The van der Waals surface area contributed by atoms with Gasteiger partial charge in [-0.25, -0.2) is 0 Å². The van der Waals surface area contributed by atoms with E-state index in [0.29, 0.717) is 0 Å². The van der Waals surface area contributed by atoms with Gasteiger partial charge in [0.05, 0.1) is 5.69 Å². The standard InChI is InChI=1S/C14H18N2O/c1-3-11-7-5-6-8-12(11)14(17)13-9-10-15-16(13)4-2/h5-10,14,17H,3-4H2,1-2H3. The highest BCUT2D eigenvalue weighted by Gasteiger charge is 2.16. The van der Waals surface area contributed by atoms with Crippen LogP contribution in [-0.2, 0) is 13.0 Å². The fourth-order valence-electron chi connectivity index (χ4n) is 2.12. The Morgan fingerprint density at radius 3 is 2.71 bits per heavy atom. The second-order valence-electron chi connectivity index (χ2n) is 4.03. The van der Waals surface area contributed by atoms with E-state index in [9.17, 15) is 5.11 Å². The van der Waals surface area contributed by atoms with Gasteiger partial charge in [-0.15, -0.1) is 0 Å². The summed E-state index contributed by atoms with van der Waals surface area (Å²) in [6, 6.07) is 9.89. The normalized spacial score (nSPS) is 12.6. The topological polar surface area (TPSA) is 38.1 Å². The molecular formula is C14H18N2O. The molecule has 1 atom stereocenters. The zero-order valence-electron chi connectivity index (χ0n) is 10.3. The third kappa shape index (κ3) is 2.24. The zero-order chi connectivity index (χ0) is 12.3. The molecule has 0 bridgehead atoms. The minimum atomic E-state index is -0.589. The summed E-state index contributed by atoms with van der Waals surface area (Å²) in [5.41, 5.74) is 3.02. The minimum Gasteiger partial charge on any atom is -0.382 e. The van der Waals surface area contributed by atoms with Crippen LogP contribution in [0.25, 0.3) is 0 Å².